The predicted molar refractivity (Wildman–Crippen MR) is 206 cm³/mol. The maximum Gasteiger partial charge on any atom is 2.00 e. The van der Waals surface area contributed by atoms with Crippen LogP contribution in [0.15, 0.2) is 0 Å². The van der Waals surface area contributed by atoms with Crippen LogP contribution in [0.1, 0.15) is 247 Å². The molecule has 0 aliphatic heterocycles. The average Bonchev–Trinajstić information content (AvgIpc) is 3.04. The van der Waals surface area contributed by atoms with E-state index < -0.39 is 23.1 Å². The normalized spacial score (nSPS) is 13.2. The monoisotopic (exact) mass is 747 g/mol. The fourth-order valence-corrected chi connectivity index (χ4v) is 6.24. The SMILES string of the molecule is CCCCCCCCCCCCCCCCCCC(C)(O)C(=O)[O-].CCCCCCCCCCCCCCCCCCC(C)(O)C(=O)[O-].[Ca+2].[H-].[Na+]. The first-order valence-corrected chi connectivity index (χ1v) is 20.9. The Balaban J connectivity index is -0.000000261. The van der Waals surface area contributed by atoms with Crippen molar-refractivity contribution in [1.29, 1.82) is 0 Å². The second-order valence-electron chi connectivity index (χ2n) is 15.2. The van der Waals surface area contributed by atoms with Crippen molar-refractivity contribution in [2.75, 3.05) is 0 Å². The van der Waals surface area contributed by atoms with Gasteiger partial charge in [-0.2, -0.15) is 0 Å². The number of carboxylic acids is 2. The minimum absolute atomic E-state index is 0. The van der Waals surface area contributed by atoms with Crippen LogP contribution in [0.25, 0.3) is 0 Å². The summed E-state index contributed by atoms with van der Waals surface area (Å²) in [5, 5.41) is 40.4. The first kappa shape index (κ1) is 57.8. The Morgan fingerprint density at radius 2 is 0.540 bits per heavy atom. The van der Waals surface area contributed by atoms with E-state index >= 15 is 0 Å². The third-order valence-electron chi connectivity index (χ3n) is 9.91. The Morgan fingerprint density at radius 1 is 0.400 bits per heavy atom. The number of aliphatic carboxylic acids is 2. The molecule has 0 aromatic carbocycles. The first-order chi connectivity index (χ1) is 23.0. The Kier molecular flexibility index (Phi) is 49.6. The minimum atomic E-state index is -1.66. The van der Waals surface area contributed by atoms with Gasteiger partial charge >= 0.3 is 67.3 Å². The molecule has 8 heteroatoms. The van der Waals surface area contributed by atoms with Crippen LogP contribution in [-0.4, -0.2) is 71.1 Å². The quantitative estimate of drug-likeness (QED) is 0.0526. The summed E-state index contributed by atoms with van der Waals surface area (Å²) in [7, 11) is 0. The van der Waals surface area contributed by atoms with Gasteiger partial charge in [-0.3, -0.25) is 0 Å². The van der Waals surface area contributed by atoms with Crippen molar-refractivity contribution in [3.8, 4) is 0 Å². The van der Waals surface area contributed by atoms with E-state index in [0.717, 1.165) is 38.5 Å². The van der Waals surface area contributed by atoms with E-state index in [0.29, 0.717) is 12.8 Å². The number of carbonyl (C=O) groups is 2. The molecule has 290 valence electrons. The van der Waals surface area contributed by atoms with Gasteiger partial charge in [-0.1, -0.05) is 219 Å². The van der Waals surface area contributed by atoms with Gasteiger partial charge in [-0.05, 0) is 26.7 Å². The molecular formula is C42H83CaNaO6. The number of hydrogen-bond donors (Lipinski definition) is 2. The second-order valence-corrected chi connectivity index (χ2v) is 15.2. The van der Waals surface area contributed by atoms with Crippen molar-refractivity contribution < 1.29 is 61.0 Å². The smallest absolute Gasteiger partial charge is 1.00 e. The molecule has 0 aromatic heterocycles. The number of carboxylic acid groups (broad SMARTS) is 2. The van der Waals surface area contributed by atoms with Crippen LogP contribution in [0.2, 0.25) is 0 Å². The molecule has 0 amide bonds. The van der Waals surface area contributed by atoms with Crippen LogP contribution in [0.4, 0.5) is 0 Å². The molecule has 0 spiro atoms. The number of aliphatic hydroxyl groups is 2. The van der Waals surface area contributed by atoms with E-state index in [4.69, 9.17) is 0 Å². The van der Waals surface area contributed by atoms with Gasteiger partial charge in [-0.25, -0.2) is 0 Å². The van der Waals surface area contributed by atoms with Crippen molar-refractivity contribution in [2.45, 2.75) is 257 Å². The van der Waals surface area contributed by atoms with Crippen molar-refractivity contribution in [3.63, 3.8) is 0 Å². The Morgan fingerprint density at radius 3 is 0.680 bits per heavy atom. The molecule has 2 N–H and O–H groups in total. The van der Waals surface area contributed by atoms with E-state index in [2.05, 4.69) is 13.8 Å². The molecule has 0 heterocycles. The van der Waals surface area contributed by atoms with E-state index in [9.17, 15) is 30.0 Å². The van der Waals surface area contributed by atoms with Gasteiger partial charge in [0.15, 0.2) is 0 Å². The fraction of sp³-hybridized carbons (Fsp3) is 0.952. The zero-order valence-electron chi connectivity index (χ0n) is 35.3. The molecule has 50 heavy (non-hydrogen) atoms. The second kappa shape index (κ2) is 42.9. The molecule has 2 unspecified atom stereocenters. The van der Waals surface area contributed by atoms with Gasteiger partial charge in [-0.15, -0.1) is 0 Å². The summed E-state index contributed by atoms with van der Waals surface area (Å²) in [6.07, 6.45) is 42.0. The van der Waals surface area contributed by atoms with E-state index in [1.165, 1.54) is 181 Å². The predicted octanol–water partition coefficient (Wildman–Crippen LogP) is 7.01. The van der Waals surface area contributed by atoms with Gasteiger partial charge < -0.3 is 31.4 Å². The van der Waals surface area contributed by atoms with Gasteiger partial charge in [0.2, 0.25) is 0 Å². The van der Waals surface area contributed by atoms with Crippen molar-refractivity contribution in [1.82, 2.24) is 0 Å². The summed E-state index contributed by atoms with van der Waals surface area (Å²) in [5.74, 6) is -2.72. The van der Waals surface area contributed by atoms with Crippen LogP contribution in [0.5, 0.6) is 0 Å². The van der Waals surface area contributed by atoms with E-state index in [1.807, 2.05) is 0 Å². The van der Waals surface area contributed by atoms with Crippen LogP contribution in [-0.2, 0) is 9.59 Å². The summed E-state index contributed by atoms with van der Waals surface area (Å²) in [4.78, 5) is 21.3. The molecule has 0 aliphatic rings. The van der Waals surface area contributed by atoms with Crippen molar-refractivity contribution in [2.24, 2.45) is 0 Å². The number of unbranched alkanes of at least 4 members (excludes halogenated alkanes) is 30. The summed E-state index contributed by atoms with van der Waals surface area (Å²) >= 11 is 0. The molecule has 0 bridgehead atoms. The third-order valence-corrected chi connectivity index (χ3v) is 9.91. The number of carbonyl (C=O) groups excluding carboxylic acids is 2. The molecule has 0 fully saturated rings. The van der Waals surface area contributed by atoms with Crippen LogP contribution >= 0.6 is 0 Å². The molecule has 6 nitrogen and oxygen atoms in total. The first-order valence-electron chi connectivity index (χ1n) is 20.9. The van der Waals surface area contributed by atoms with Gasteiger partial charge in [0.05, 0.1) is 11.9 Å². The standard InChI is InChI=1S/2C21H42O3.Ca.Na.H/c2*1-3-4-5-6-7-8-9-10-11-12-13-14-15-16-17-18-19-21(2,24)20(22)23;;;/h2*24H,3-19H2,1-2H3,(H,22,23);;;/q;;+2;+1;-1/p-2. The summed E-state index contributed by atoms with van der Waals surface area (Å²) in [5.41, 5.74) is -3.31. The summed E-state index contributed by atoms with van der Waals surface area (Å²) in [6, 6.07) is 0. The van der Waals surface area contributed by atoms with Gasteiger partial charge in [0.25, 0.3) is 0 Å². The molecule has 0 saturated heterocycles. The van der Waals surface area contributed by atoms with Crippen LogP contribution < -0.4 is 39.8 Å². The molecule has 2 atom stereocenters. The van der Waals surface area contributed by atoms with Gasteiger partial charge in [0, 0.05) is 0 Å². The molecule has 0 aliphatic carbocycles. The summed E-state index contributed by atoms with van der Waals surface area (Å²) in [6.45, 7) is 7.19. The molecule has 0 aromatic rings. The topological polar surface area (TPSA) is 121 Å². The van der Waals surface area contributed by atoms with Crippen molar-refractivity contribution >= 4 is 49.7 Å². The van der Waals surface area contributed by atoms with Crippen LogP contribution in [0, 0.1) is 0 Å². The number of rotatable bonds is 36. The zero-order chi connectivity index (χ0) is 36.2. The maximum atomic E-state index is 10.7. The largest absolute Gasteiger partial charge is 2.00 e. The van der Waals surface area contributed by atoms with E-state index in [-0.39, 0.29) is 68.7 Å². The molecule has 0 radical (unpaired) electrons. The fourth-order valence-electron chi connectivity index (χ4n) is 6.24. The Hall–Kier alpha value is 1.12. The summed E-state index contributed by atoms with van der Waals surface area (Å²) < 4.78 is 0. The third kappa shape index (κ3) is 43.5. The zero-order valence-corrected chi connectivity index (χ0v) is 38.5. The van der Waals surface area contributed by atoms with Gasteiger partial charge in [0.1, 0.15) is 11.2 Å². The Bertz CT molecular complexity index is 653. The average molecular weight is 747 g/mol. The Labute approximate surface area is 364 Å². The molecule has 0 saturated carbocycles. The van der Waals surface area contributed by atoms with Crippen molar-refractivity contribution in [3.05, 3.63) is 0 Å². The molecular weight excluding hydrogens is 664 g/mol. The maximum absolute atomic E-state index is 10.7. The number of hydrogen-bond acceptors (Lipinski definition) is 6. The van der Waals surface area contributed by atoms with E-state index in [1.54, 1.807) is 0 Å². The molecule has 0 rings (SSSR count). The van der Waals surface area contributed by atoms with Crippen LogP contribution in [0.3, 0.4) is 0 Å². The minimum Gasteiger partial charge on any atom is -1.00 e.